The van der Waals surface area contributed by atoms with Crippen LogP contribution in [0, 0.1) is 0 Å². The van der Waals surface area contributed by atoms with Gasteiger partial charge in [0.25, 0.3) is 0 Å². The summed E-state index contributed by atoms with van der Waals surface area (Å²) < 4.78 is 5.29. The van der Waals surface area contributed by atoms with Crippen LogP contribution in [0.15, 0.2) is 24.3 Å². The first-order valence-corrected chi connectivity index (χ1v) is 6.39. The smallest absolute Gasteiger partial charge is 0.119 e. The number of nitrogens with one attached hydrogen (secondary N) is 2. The minimum atomic E-state index is 0.366. The van der Waals surface area contributed by atoms with Gasteiger partial charge in [0.05, 0.1) is 7.11 Å². The Balaban J connectivity index is 2.15. The van der Waals surface area contributed by atoms with E-state index in [0.717, 1.165) is 12.3 Å². The molecule has 0 aliphatic carbocycles. The molecule has 0 aromatic heterocycles. The lowest BCUT2D eigenvalue weighted by Gasteiger charge is -2.31. The van der Waals surface area contributed by atoms with E-state index >= 15 is 0 Å². The first-order chi connectivity index (χ1) is 8.35. The van der Waals surface area contributed by atoms with Crippen LogP contribution in [0.5, 0.6) is 5.75 Å². The quantitative estimate of drug-likeness (QED) is 0.837. The Hall–Kier alpha value is -1.06. The van der Waals surface area contributed by atoms with E-state index in [1.165, 1.54) is 24.8 Å². The zero-order chi connectivity index (χ0) is 12.1. The van der Waals surface area contributed by atoms with Crippen molar-refractivity contribution in [2.24, 2.45) is 0 Å². The number of ether oxygens (including phenoxy) is 1. The van der Waals surface area contributed by atoms with Gasteiger partial charge in [-0.05, 0) is 44.1 Å². The summed E-state index contributed by atoms with van der Waals surface area (Å²) in [4.78, 5) is 0. The van der Waals surface area contributed by atoms with Gasteiger partial charge in [-0.2, -0.15) is 0 Å². The van der Waals surface area contributed by atoms with Gasteiger partial charge in [-0.3, -0.25) is 0 Å². The number of piperidine rings is 1. The lowest BCUT2D eigenvalue weighted by molar-refractivity contribution is 0.325. The number of benzene rings is 1. The van der Waals surface area contributed by atoms with Gasteiger partial charge < -0.3 is 15.4 Å². The van der Waals surface area contributed by atoms with Crippen molar-refractivity contribution < 1.29 is 4.74 Å². The van der Waals surface area contributed by atoms with E-state index in [2.05, 4.69) is 28.8 Å². The van der Waals surface area contributed by atoms with Crippen molar-refractivity contribution in [3.05, 3.63) is 29.8 Å². The Bertz CT molecular complexity index is 348. The van der Waals surface area contributed by atoms with Crippen LogP contribution in [-0.2, 0) is 0 Å². The zero-order valence-electron chi connectivity index (χ0n) is 10.7. The molecule has 3 nitrogen and oxygen atoms in total. The summed E-state index contributed by atoms with van der Waals surface area (Å²) in [5, 5.41) is 7.02. The molecular formula is C14H22N2O. The largest absolute Gasteiger partial charge is 0.497 e. The molecule has 1 aliphatic rings. The van der Waals surface area contributed by atoms with Crippen molar-refractivity contribution in [2.75, 3.05) is 20.7 Å². The fourth-order valence-electron chi connectivity index (χ4n) is 2.60. The number of likely N-dealkylation sites (N-methyl/N-ethyl adjacent to an activating group) is 1. The molecule has 1 aromatic rings. The highest BCUT2D eigenvalue weighted by Crippen LogP contribution is 2.25. The monoisotopic (exact) mass is 234 g/mol. The Labute approximate surface area is 104 Å². The van der Waals surface area contributed by atoms with Crippen LogP contribution in [0.2, 0.25) is 0 Å². The zero-order valence-corrected chi connectivity index (χ0v) is 10.7. The summed E-state index contributed by atoms with van der Waals surface area (Å²) in [5.74, 6) is 0.929. The average molecular weight is 234 g/mol. The van der Waals surface area contributed by atoms with E-state index in [4.69, 9.17) is 4.74 Å². The van der Waals surface area contributed by atoms with Gasteiger partial charge in [0.1, 0.15) is 5.75 Å². The highest BCUT2D eigenvalue weighted by atomic mass is 16.5. The highest BCUT2D eigenvalue weighted by molar-refractivity contribution is 5.31. The topological polar surface area (TPSA) is 33.3 Å². The van der Waals surface area contributed by atoms with E-state index in [9.17, 15) is 0 Å². The highest BCUT2D eigenvalue weighted by Gasteiger charge is 2.23. The van der Waals surface area contributed by atoms with E-state index < -0.39 is 0 Å². The first kappa shape index (κ1) is 12.4. The van der Waals surface area contributed by atoms with E-state index in [0.29, 0.717) is 12.1 Å². The normalized spacial score (nSPS) is 22.1. The molecule has 1 fully saturated rings. The predicted molar refractivity (Wildman–Crippen MR) is 70.4 cm³/mol. The molecule has 2 unspecified atom stereocenters. The number of hydrogen-bond acceptors (Lipinski definition) is 3. The van der Waals surface area contributed by atoms with E-state index in [1.54, 1.807) is 7.11 Å². The number of hydrogen-bond donors (Lipinski definition) is 2. The minimum Gasteiger partial charge on any atom is -0.497 e. The van der Waals surface area contributed by atoms with Crippen LogP contribution >= 0.6 is 0 Å². The fraction of sp³-hybridized carbons (Fsp3) is 0.571. The molecule has 1 aliphatic heterocycles. The summed E-state index contributed by atoms with van der Waals surface area (Å²) in [6, 6.07) is 9.23. The van der Waals surface area contributed by atoms with Crippen molar-refractivity contribution in [1.82, 2.24) is 10.6 Å². The lowest BCUT2D eigenvalue weighted by Crippen LogP contribution is -2.43. The van der Waals surface area contributed by atoms with Crippen molar-refractivity contribution in [2.45, 2.75) is 31.3 Å². The Morgan fingerprint density at radius 1 is 1.41 bits per heavy atom. The van der Waals surface area contributed by atoms with Crippen LogP contribution in [0.25, 0.3) is 0 Å². The molecule has 0 radical (unpaired) electrons. The molecular weight excluding hydrogens is 212 g/mol. The SMILES string of the molecule is CNC(c1cccc(OC)c1)C1CCCCN1. The fourth-order valence-corrected chi connectivity index (χ4v) is 2.60. The molecule has 0 spiro atoms. The molecule has 2 atom stereocenters. The van der Waals surface area contributed by atoms with Gasteiger partial charge in [-0.25, -0.2) is 0 Å². The van der Waals surface area contributed by atoms with E-state index in [-0.39, 0.29) is 0 Å². The molecule has 17 heavy (non-hydrogen) atoms. The standard InChI is InChI=1S/C14H22N2O/c1-15-14(13-8-3-4-9-16-13)11-6-5-7-12(10-11)17-2/h5-7,10,13-16H,3-4,8-9H2,1-2H3. The van der Waals surface area contributed by atoms with Crippen LogP contribution < -0.4 is 15.4 Å². The summed E-state index contributed by atoms with van der Waals surface area (Å²) in [6.07, 6.45) is 3.85. The second kappa shape index (κ2) is 6.03. The Morgan fingerprint density at radius 3 is 2.94 bits per heavy atom. The Kier molecular flexibility index (Phi) is 4.40. The lowest BCUT2D eigenvalue weighted by atomic mass is 9.92. The number of methoxy groups -OCH3 is 1. The van der Waals surface area contributed by atoms with Crippen LogP contribution in [0.4, 0.5) is 0 Å². The van der Waals surface area contributed by atoms with Crippen molar-refractivity contribution in [3.8, 4) is 5.75 Å². The van der Waals surface area contributed by atoms with Gasteiger partial charge in [0, 0.05) is 12.1 Å². The molecule has 1 saturated heterocycles. The van der Waals surface area contributed by atoms with Crippen LogP contribution in [-0.4, -0.2) is 26.7 Å². The summed E-state index contributed by atoms with van der Waals surface area (Å²) in [7, 11) is 3.74. The third kappa shape index (κ3) is 2.99. The van der Waals surface area contributed by atoms with Crippen molar-refractivity contribution in [3.63, 3.8) is 0 Å². The summed E-state index contributed by atoms with van der Waals surface area (Å²) in [6.45, 7) is 1.13. The maximum Gasteiger partial charge on any atom is 0.119 e. The van der Waals surface area contributed by atoms with Gasteiger partial charge in [-0.1, -0.05) is 18.6 Å². The molecule has 2 rings (SSSR count). The molecule has 0 saturated carbocycles. The predicted octanol–water partition coefficient (Wildman–Crippen LogP) is 2.10. The summed E-state index contributed by atoms with van der Waals surface area (Å²) in [5.41, 5.74) is 1.30. The average Bonchev–Trinajstić information content (AvgIpc) is 2.41. The van der Waals surface area contributed by atoms with Crippen LogP contribution in [0.1, 0.15) is 30.9 Å². The van der Waals surface area contributed by atoms with Gasteiger partial charge >= 0.3 is 0 Å². The van der Waals surface area contributed by atoms with Crippen LogP contribution in [0.3, 0.4) is 0 Å². The second-order valence-electron chi connectivity index (χ2n) is 4.60. The summed E-state index contributed by atoms with van der Waals surface area (Å²) >= 11 is 0. The Morgan fingerprint density at radius 2 is 2.29 bits per heavy atom. The van der Waals surface area contributed by atoms with Crippen molar-refractivity contribution >= 4 is 0 Å². The number of rotatable bonds is 4. The molecule has 94 valence electrons. The first-order valence-electron chi connectivity index (χ1n) is 6.39. The molecule has 0 bridgehead atoms. The maximum absolute atomic E-state index is 5.29. The molecule has 2 N–H and O–H groups in total. The molecule has 1 aromatic carbocycles. The third-order valence-electron chi connectivity index (χ3n) is 3.51. The van der Waals surface area contributed by atoms with Gasteiger partial charge in [0.15, 0.2) is 0 Å². The maximum atomic E-state index is 5.29. The second-order valence-corrected chi connectivity index (χ2v) is 4.60. The molecule has 3 heteroatoms. The van der Waals surface area contributed by atoms with Crippen molar-refractivity contribution in [1.29, 1.82) is 0 Å². The third-order valence-corrected chi connectivity index (χ3v) is 3.51. The van der Waals surface area contributed by atoms with Gasteiger partial charge in [0.2, 0.25) is 0 Å². The molecule has 0 amide bonds. The molecule has 1 heterocycles. The van der Waals surface area contributed by atoms with Gasteiger partial charge in [-0.15, -0.1) is 0 Å². The minimum absolute atomic E-state index is 0.366. The van der Waals surface area contributed by atoms with E-state index in [1.807, 2.05) is 13.1 Å².